The highest BCUT2D eigenvalue weighted by Crippen LogP contribution is 2.18. The minimum Gasteiger partial charge on any atom is -0.299 e. The molecule has 0 amide bonds. The summed E-state index contributed by atoms with van der Waals surface area (Å²) in [5.74, 6) is 0.702. The van der Waals surface area contributed by atoms with Crippen LogP contribution in [-0.4, -0.2) is 5.78 Å². The van der Waals surface area contributed by atoms with E-state index in [9.17, 15) is 4.79 Å². The molecule has 0 radical (unpaired) electrons. The Bertz CT molecular complexity index is 373. The Hall–Kier alpha value is -0.680. The van der Waals surface area contributed by atoms with Crippen molar-refractivity contribution in [3.05, 3.63) is 29.8 Å². The van der Waals surface area contributed by atoms with E-state index in [1.165, 1.54) is 23.7 Å². The maximum absolute atomic E-state index is 11.9. The van der Waals surface area contributed by atoms with E-state index in [0.29, 0.717) is 12.2 Å². The lowest BCUT2D eigenvalue weighted by Crippen LogP contribution is -2.14. The van der Waals surface area contributed by atoms with Crippen LogP contribution in [-0.2, 0) is 11.2 Å². The molecule has 0 heterocycles. The van der Waals surface area contributed by atoms with Gasteiger partial charge in [-0.25, -0.2) is 0 Å². The highest BCUT2D eigenvalue weighted by atomic mass is 31.0. The molecule has 1 aromatic rings. The zero-order valence-electron chi connectivity index (χ0n) is 11.6. The summed E-state index contributed by atoms with van der Waals surface area (Å²) in [5.41, 5.74) is 1.34. The zero-order chi connectivity index (χ0) is 13.4. The second-order valence-electron chi connectivity index (χ2n) is 4.94. The third-order valence-electron chi connectivity index (χ3n) is 3.44. The lowest BCUT2D eigenvalue weighted by atomic mass is 9.90. The number of aryl methyl sites for hydroxylation is 1. The highest BCUT2D eigenvalue weighted by molar-refractivity contribution is 7.27. The average molecular weight is 264 g/mol. The molecule has 0 N–H and O–H groups in total. The first-order chi connectivity index (χ1) is 8.67. The summed E-state index contributed by atoms with van der Waals surface area (Å²) < 4.78 is 0. The third kappa shape index (κ3) is 5.31. The fraction of sp³-hybridized carbons (Fsp3) is 0.562. The first-order valence-corrected chi connectivity index (χ1v) is 7.62. The van der Waals surface area contributed by atoms with E-state index in [-0.39, 0.29) is 5.92 Å². The number of rotatable bonds is 8. The van der Waals surface area contributed by atoms with E-state index in [1.54, 1.807) is 0 Å². The summed E-state index contributed by atoms with van der Waals surface area (Å²) in [7, 11) is 2.73. The van der Waals surface area contributed by atoms with Gasteiger partial charge in [0.1, 0.15) is 5.78 Å². The molecular weight excluding hydrogens is 239 g/mol. The molecule has 2 atom stereocenters. The lowest BCUT2D eigenvalue weighted by Gasteiger charge is -2.14. The summed E-state index contributed by atoms with van der Waals surface area (Å²) in [6.45, 7) is 4.16. The van der Waals surface area contributed by atoms with Crippen molar-refractivity contribution < 1.29 is 4.79 Å². The summed E-state index contributed by atoms with van der Waals surface area (Å²) in [6.07, 6.45) is 6.10. The maximum Gasteiger partial charge on any atom is 0.135 e. The van der Waals surface area contributed by atoms with Gasteiger partial charge in [-0.05, 0) is 30.1 Å². The molecule has 0 fully saturated rings. The van der Waals surface area contributed by atoms with Crippen molar-refractivity contribution in [3.8, 4) is 0 Å². The molecule has 0 aliphatic rings. The topological polar surface area (TPSA) is 17.1 Å². The Morgan fingerprint density at radius 2 is 2.06 bits per heavy atom. The van der Waals surface area contributed by atoms with Crippen molar-refractivity contribution >= 4 is 20.3 Å². The van der Waals surface area contributed by atoms with Crippen LogP contribution in [0.4, 0.5) is 0 Å². The molecule has 0 aromatic heterocycles. The summed E-state index contributed by atoms with van der Waals surface area (Å²) in [5, 5.41) is 1.22. The van der Waals surface area contributed by atoms with Crippen LogP contribution in [0.1, 0.15) is 51.5 Å². The van der Waals surface area contributed by atoms with Crippen LogP contribution in [0.2, 0.25) is 0 Å². The molecule has 0 aliphatic carbocycles. The predicted octanol–water partition coefficient (Wildman–Crippen LogP) is 3.91. The lowest BCUT2D eigenvalue weighted by molar-refractivity contribution is -0.123. The fourth-order valence-electron chi connectivity index (χ4n) is 2.30. The molecule has 18 heavy (non-hydrogen) atoms. The molecule has 0 spiro atoms. The number of hydrogen-bond donors (Lipinski definition) is 0. The number of hydrogen-bond acceptors (Lipinski definition) is 1. The van der Waals surface area contributed by atoms with Gasteiger partial charge in [0.25, 0.3) is 0 Å². The standard InChI is InChI=1S/C16H25OP/c1-3-5-8-14(16(17)4-2)11-10-13-7-6-9-15(18)12-13/h6-7,9,12,14H,3-5,8,10-11,18H2,1-2H3. The molecule has 1 rings (SSSR count). The van der Waals surface area contributed by atoms with Crippen LogP contribution in [0.5, 0.6) is 0 Å². The van der Waals surface area contributed by atoms with Gasteiger partial charge in [-0.15, -0.1) is 9.24 Å². The number of Topliss-reactive ketones (excluding diaryl/α,β-unsaturated/α-hetero) is 1. The van der Waals surface area contributed by atoms with Gasteiger partial charge in [-0.1, -0.05) is 51.0 Å². The van der Waals surface area contributed by atoms with Gasteiger partial charge in [0.05, 0.1) is 0 Å². The van der Waals surface area contributed by atoms with E-state index >= 15 is 0 Å². The SMILES string of the molecule is CCCCC(CCc1cccc(P)c1)C(=O)CC. The molecule has 0 bridgehead atoms. The van der Waals surface area contributed by atoms with Crippen molar-refractivity contribution in [3.63, 3.8) is 0 Å². The maximum atomic E-state index is 11.9. The average Bonchev–Trinajstić information content (AvgIpc) is 2.38. The van der Waals surface area contributed by atoms with E-state index in [0.717, 1.165) is 19.3 Å². The Morgan fingerprint density at radius 3 is 2.67 bits per heavy atom. The van der Waals surface area contributed by atoms with Crippen LogP contribution in [0.15, 0.2) is 24.3 Å². The van der Waals surface area contributed by atoms with Gasteiger partial charge in [0, 0.05) is 12.3 Å². The molecule has 100 valence electrons. The number of ketones is 1. The van der Waals surface area contributed by atoms with Gasteiger partial charge in [-0.2, -0.15) is 0 Å². The second kappa shape index (κ2) is 8.43. The van der Waals surface area contributed by atoms with Crippen LogP contribution >= 0.6 is 9.24 Å². The van der Waals surface area contributed by atoms with Crippen LogP contribution < -0.4 is 5.30 Å². The number of carbonyl (C=O) groups is 1. The van der Waals surface area contributed by atoms with Gasteiger partial charge in [0.15, 0.2) is 0 Å². The first-order valence-electron chi connectivity index (χ1n) is 7.04. The quantitative estimate of drug-likeness (QED) is 0.651. The Morgan fingerprint density at radius 1 is 1.28 bits per heavy atom. The minimum absolute atomic E-state index is 0.267. The Kier molecular flexibility index (Phi) is 7.20. The second-order valence-corrected chi connectivity index (χ2v) is 5.61. The molecule has 0 aliphatic heterocycles. The molecular formula is C16H25OP. The smallest absolute Gasteiger partial charge is 0.135 e. The molecule has 2 unspecified atom stereocenters. The Labute approximate surface area is 114 Å². The van der Waals surface area contributed by atoms with E-state index in [1.807, 2.05) is 6.92 Å². The molecule has 0 saturated carbocycles. The third-order valence-corrected chi connectivity index (χ3v) is 3.80. The molecule has 1 nitrogen and oxygen atoms in total. The van der Waals surface area contributed by atoms with E-state index in [2.05, 4.69) is 40.4 Å². The van der Waals surface area contributed by atoms with Crippen molar-refractivity contribution in [1.29, 1.82) is 0 Å². The Balaban J connectivity index is 2.53. The van der Waals surface area contributed by atoms with Crippen molar-refractivity contribution in [2.24, 2.45) is 5.92 Å². The van der Waals surface area contributed by atoms with Crippen LogP contribution in [0, 0.1) is 5.92 Å². The van der Waals surface area contributed by atoms with Crippen molar-refractivity contribution in [1.82, 2.24) is 0 Å². The van der Waals surface area contributed by atoms with Crippen LogP contribution in [0.3, 0.4) is 0 Å². The van der Waals surface area contributed by atoms with Crippen LogP contribution in [0.25, 0.3) is 0 Å². The van der Waals surface area contributed by atoms with Gasteiger partial charge in [0.2, 0.25) is 0 Å². The molecule has 2 heteroatoms. The highest BCUT2D eigenvalue weighted by Gasteiger charge is 2.15. The predicted molar refractivity (Wildman–Crippen MR) is 82.4 cm³/mol. The zero-order valence-corrected chi connectivity index (χ0v) is 12.8. The largest absolute Gasteiger partial charge is 0.299 e. The number of carbonyl (C=O) groups excluding carboxylic acids is 1. The van der Waals surface area contributed by atoms with Gasteiger partial charge < -0.3 is 0 Å². The molecule has 0 saturated heterocycles. The van der Waals surface area contributed by atoms with Gasteiger partial charge >= 0.3 is 0 Å². The van der Waals surface area contributed by atoms with E-state index < -0.39 is 0 Å². The van der Waals surface area contributed by atoms with Crippen molar-refractivity contribution in [2.75, 3.05) is 0 Å². The normalized spacial score (nSPS) is 12.4. The minimum atomic E-state index is 0.267. The number of unbranched alkanes of at least 4 members (excludes halogenated alkanes) is 1. The summed E-state index contributed by atoms with van der Waals surface area (Å²) >= 11 is 0. The fourth-order valence-corrected chi connectivity index (χ4v) is 2.62. The summed E-state index contributed by atoms with van der Waals surface area (Å²) in [6, 6.07) is 8.51. The van der Waals surface area contributed by atoms with Gasteiger partial charge in [-0.3, -0.25) is 4.79 Å². The van der Waals surface area contributed by atoms with Crippen molar-refractivity contribution in [2.45, 2.75) is 52.4 Å². The first kappa shape index (κ1) is 15.4. The van der Waals surface area contributed by atoms with E-state index in [4.69, 9.17) is 0 Å². The monoisotopic (exact) mass is 264 g/mol. The number of benzene rings is 1. The summed E-state index contributed by atoms with van der Waals surface area (Å²) in [4.78, 5) is 11.9. The molecule has 1 aromatic carbocycles.